The monoisotopic (exact) mass is 369 g/mol. The van der Waals surface area contributed by atoms with Crippen molar-refractivity contribution >= 4 is 23.2 Å². The Morgan fingerprint density at radius 1 is 0.926 bits per heavy atom. The fraction of sp³-hybridized carbons (Fsp3) is 0.333. The second kappa shape index (κ2) is 10.2. The van der Waals surface area contributed by atoms with Gasteiger partial charge in [-0.05, 0) is 57.2 Å². The van der Waals surface area contributed by atoms with Gasteiger partial charge in [0.15, 0.2) is 6.61 Å². The lowest BCUT2D eigenvalue weighted by Crippen LogP contribution is -2.35. The molecule has 6 nitrogen and oxygen atoms in total. The summed E-state index contributed by atoms with van der Waals surface area (Å²) in [6.45, 7) is 7.81. The van der Waals surface area contributed by atoms with Gasteiger partial charge in [0.25, 0.3) is 5.91 Å². The molecule has 0 fully saturated rings. The van der Waals surface area contributed by atoms with Crippen LogP contribution in [0.5, 0.6) is 5.75 Å². The number of anilines is 2. The van der Waals surface area contributed by atoms with E-state index in [1.807, 2.05) is 43.3 Å². The molecule has 2 aromatic rings. The van der Waals surface area contributed by atoms with Crippen LogP contribution in [0.25, 0.3) is 0 Å². The topological polar surface area (TPSA) is 70.7 Å². The molecule has 0 aliphatic heterocycles. The number of carbonyl (C=O) groups is 2. The number of ether oxygens (including phenoxy) is 1. The van der Waals surface area contributed by atoms with Gasteiger partial charge in [0, 0.05) is 24.5 Å². The number of nitrogens with zero attached hydrogens (tertiary/aromatic N) is 1. The Labute approximate surface area is 160 Å². The molecule has 0 bridgehead atoms. The van der Waals surface area contributed by atoms with Gasteiger partial charge in [-0.3, -0.25) is 9.59 Å². The number of carbonyl (C=O) groups excluding carboxylic acids is 2. The fourth-order valence-corrected chi connectivity index (χ4v) is 2.56. The van der Waals surface area contributed by atoms with Crippen molar-refractivity contribution in [3.8, 4) is 5.75 Å². The van der Waals surface area contributed by atoms with Crippen molar-refractivity contribution in [2.24, 2.45) is 0 Å². The zero-order valence-corrected chi connectivity index (χ0v) is 16.1. The molecule has 0 aromatic heterocycles. The highest BCUT2D eigenvalue weighted by Gasteiger charge is 2.08. The lowest BCUT2D eigenvalue weighted by molar-refractivity contribution is -0.125. The van der Waals surface area contributed by atoms with Gasteiger partial charge >= 0.3 is 0 Å². The largest absolute Gasteiger partial charge is 0.484 e. The number of benzene rings is 2. The first kappa shape index (κ1) is 20.3. The lowest BCUT2D eigenvalue weighted by atomic mass is 10.2. The van der Waals surface area contributed by atoms with Crippen molar-refractivity contribution in [3.05, 3.63) is 54.1 Å². The molecular weight excluding hydrogens is 342 g/mol. The van der Waals surface area contributed by atoms with E-state index in [0.29, 0.717) is 11.4 Å². The van der Waals surface area contributed by atoms with Crippen LogP contribution in [0.15, 0.2) is 48.5 Å². The van der Waals surface area contributed by atoms with Crippen molar-refractivity contribution in [1.29, 1.82) is 0 Å². The summed E-state index contributed by atoms with van der Waals surface area (Å²) >= 11 is 0. The minimum absolute atomic E-state index is 0.103. The zero-order chi connectivity index (χ0) is 19.6. The molecular formula is C21H27N3O3. The van der Waals surface area contributed by atoms with Gasteiger partial charge in [-0.1, -0.05) is 17.7 Å². The maximum Gasteiger partial charge on any atom is 0.258 e. The molecule has 0 aliphatic carbocycles. The van der Waals surface area contributed by atoms with E-state index in [1.54, 1.807) is 12.1 Å². The Morgan fingerprint density at radius 3 is 2.15 bits per heavy atom. The van der Waals surface area contributed by atoms with Crippen molar-refractivity contribution in [2.45, 2.75) is 20.8 Å². The maximum atomic E-state index is 12.0. The van der Waals surface area contributed by atoms with Gasteiger partial charge < -0.3 is 20.3 Å². The van der Waals surface area contributed by atoms with Crippen molar-refractivity contribution in [1.82, 2.24) is 5.32 Å². The highest BCUT2D eigenvalue weighted by Crippen LogP contribution is 2.17. The minimum Gasteiger partial charge on any atom is -0.484 e. The quantitative estimate of drug-likeness (QED) is 0.713. The molecule has 2 N–H and O–H groups in total. The molecule has 2 aromatic carbocycles. The highest BCUT2D eigenvalue weighted by molar-refractivity contribution is 5.94. The summed E-state index contributed by atoms with van der Waals surface area (Å²) in [5.41, 5.74) is 2.93. The molecule has 0 radical (unpaired) electrons. The van der Waals surface area contributed by atoms with Crippen molar-refractivity contribution in [2.75, 3.05) is 36.5 Å². The van der Waals surface area contributed by atoms with Crippen LogP contribution in [0, 0.1) is 6.92 Å². The summed E-state index contributed by atoms with van der Waals surface area (Å²) in [5.74, 6) is -0.00891. The van der Waals surface area contributed by atoms with E-state index < -0.39 is 0 Å². The summed E-state index contributed by atoms with van der Waals surface area (Å²) in [5, 5.41) is 5.31. The fourth-order valence-electron chi connectivity index (χ4n) is 2.56. The summed E-state index contributed by atoms with van der Waals surface area (Å²) in [6, 6.07) is 15.1. The maximum absolute atomic E-state index is 12.0. The molecule has 0 heterocycles. The Balaban J connectivity index is 1.73. The summed E-state index contributed by atoms with van der Waals surface area (Å²) in [4.78, 5) is 26.0. The molecule has 0 aliphatic rings. The Hall–Kier alpha value is -3.02. The molecule has 0 spiro atoms. The zero-order valence-electron chi connectivity index (χ0n) is 16.1. The van der Waals surface area contributed by atoms with Crippen LogP contribution in [-0.4, -0.2) is 38.1 Å². The highest BCUT2D eigenvalue weighted by atomic mass is 16.5. The molecule has 144 valence electrons. The van der Waals surface area contributed by atoms with E-state index in [-0.39, 0.29) is 25.0 Å². The molecule has 2 amide bonds. The third kappa shape index (κ3) is 6.66. The third-order valence-corrected chi connectivity index (χ3v) is 4.12. The normalized spacial score (nSPS) is 10.2. The average Bonchev–Trinajstić information content (AvgIpc) is 2.68. The van der Waals surface area contributed by atoms with Gasteiger partial charge in [-0.25, -0.2) is 0 Å². The van der Waals surface area contributed by atoms with Gasteiger partial charge in [0.1, 0.15) is 5.75 Å². The molecule has 0 atom stereocenters. The van der Waals surface area contributed by atoms with Crippen molar-refractivity contribution < 1.29 is 14.3 Å². The van der Waals surface area contributed by atoms with Crippen LogP contribution in [0.3, 0.4) is 0 Å². The van der Waals surface area contributed by atoms with E-state index in [1.165, 1.54) is 0 Å². The first-order chi connectivity index (χ1) is 13.0. The van der Waals surface area contributed by atoms with E-state index in [9.17, 15) is 9.59 Å². The SMILES string of the molecule is CCN(CC)c1ccc(NC(=O)CNC(=O)COc2ccc(C)cc2)cc1. The van der Waals surface area contributed by atoms with Crippen LogP contribution >= 0.6 is 0 Å². The standard InChI is InChI=1S/C21H27N3O3/c1-4-24(5-2)18-10-8-17(9-11-18)23-20(25)14-22-21(26)15-27-19-12-6-16(3)7-13-19/h6-13H,4-5,14-15H2,1-3H3,(H,22,26)(H,23,25). The second-order valence-corrected chi connectivity index (χ2v) is 6.15. The Kier molecular flexibility index (Phi) is 7.67. The predicted octanol–water partition coefficient (Wildman–Crippen LogP) is 2.97. The number of nitrogens with one attached hydrogen (secondary N) is 2. The van der Waals surface area contributed by atoms with Gasteiger partial charge in [0.05, 0.1) is 6.54 Å². The van der Waals surface area contributed by atoms with E-state index >= 15 is 0 Å². The molecule has 0 saturated carbocycles. The van der Waals surface area contributed by atoms with Crippen molar-refractivity contribution in [3.63, 3.8) is 0 Å². The molecule has 0 unspecified atom stereocenters. The third-order valence-electron chi connectivity index (χ3n) is 4.12. The second-order valence-electron chi connectivity index (χ2n) is 6.15. The number of hydrogen-bond acceptors (Lipinski definition) is 4. The Morgan fingerprint density at radius 2 is 1.56 bits per heavy atom. The number of aryl methyl sites for hydroxylation is 1. The first-order valence-electron chi connectivity index (χ1n) is 9.12. The average molecular weight is 369 g/mol. The summed E-state index contributed by atoms with van der Waals surface area (Å²) in [6.07, 6.45) is 0. The van der Waals surface area contributed by atoms with E-state index in [4.69, 9.17) is 4.74 Å². The number of amides is 2. The molecule has 27 heavy (non-hydrogen) atoms. The van der Waals surface area contributed by atoms with Crippen LogP contribution < -0.4 is 20.3 Å². The van der Waals surface area contributed by atoms with Gasteiger partial charge in [-0.15, -0.1) is 0 Å². The number of rotatable bonds is 9. The first-order valence-corrected chi connectivity index (χ1v) is 9.12. The molecule has 6 heteroatoms. The van der Waals surface area contributed by atoms with Gasteiger partial charge in [-0.2, -0.15) is 0 Å². The number of hydrogen-bond donors (Lipinski definition) is 2. The van der Waals surface area contributed by atoms with E-state index in [2.05, 4.69) is 29.4 Å². The summed E-state index contributed by atoms with van der Waals surface area (Å²) < 4.78 is 5.38. The smallest absolute Gasteiger partial charge is 0.258 e. The van der Waals surface area contributed by atoms with Crippen LogP contribution in [-0.2, 0) is 9.59 Å². The lowest BCUT2D eigenvalue weighted by Gasteiger charge is -2.21. The van der Waals surface area contributed by atoms with E-state index in [0.717, 1.165) is 24.3 Å². The Bertz CT molecular complexity index is 738. The molecule has 2 rings (SSSR count). The molecule has 0 saturated heterocycles. The van der Waals surface area contributed by atoms with Crippen LogP contribution in [0.1, 0.15) is 19.4 Å². The van der Waals surface area contributed by atoms with Gasteiger partial charge in [0.2, 0.25) is 5.91 Å². The minimum atomic E-state index is -0.345. The summed E-state index contributed by atoms with van der Waals surface area (Å²) in [7, 11) is 0. The van der Waals surface area contributed by atoms with Crippen LogP contribution in [0.4, 0.5) is 11.4 Å². The van der Waals surface area contributed by atoms with Crippen LogP contribution in [0.2, 0.25) is 0 Å². The predicted molar refractivity (Wildman–Crippen MR) is 108 cm³/mol.